The summed E-state index contributed by atoms with van der Waals surface area (Å²) in [7, 11) is 0. The van der Waals surface area contributed by atoms with E-state index in [1.807, 2.05) is 18.3 Å². The molecule has 5 nitrogen and oxygen atoms in total. The molecule has 2 aliphatic rings. The lowest BCUT2D eigenvalue weighted by Gasteiger charge is -2.37. The number of thiocarbonyl (C=S) groups is 1. The van der Waals surface area contributed by atoms with Crippen molar-refractivity contribution in [2.24, 2.45) is 11.8 Å². The van der Waals surface area contributed by atoms with E-state index < -0.39 is 0 Å². The summed E-state index contributed by atoms with van der Waals surface area (Å²) in [4.78, 5) is 9.37. The van der Waals surface area contributed by atoms with Gasteiger partial charge >= 0.3 is 0 Å². The van der Waals surface area contributed by atoms with E-state index in [1.165, 1.54) is 17.5 Å². The average molecular weight is 570 g/mol. The molecule has 0 spiro atoms. The quantitative estimate of drug-likeness (QED) is 0.248. The van der Waals surface area contributed by atoms with Crippen molar-refractivity contribution in [3.63, 3.8) is 0 Å². The van der Waals surface area contributed by atoms with Gasteiger partial charge in [-0.05, 0) is 110 Å². The number of halogens is 1. The minimum Gasteiger partial charge on any atom is -0.370 e. The second-order valence-corrected chi connectivity index (χ2v) is 12.3. The highest BCUT2D eigenvalue weighted by atomic mass is 35.5. The number of aromatic nitrogens is 2. The number of anilines is 2. The number of aryl methyl sites for hydroxylation is 2. The Labute approximate surface area is 247 Å². The number of rotatable bonds is 5. The van der Waals surface area contributed by atoms with Crippen molar-refractivity contribution in [3.8, 4) is 5.69 Å². The van der Waals surface area contributed by atoms with Crippen molar-refractivity contribution in [2.45, 2.75) is 46.2 Å². The van der Waals surface area contributed by atoms with Gasteiger partial charge in [0.2, 0.25) is 0 Å². The van der Waals surface area contributed by atoms with E-state index in [-0.39, 0.29) is 12.1 Å². The zero-order valence-electron chi connectivity index (χ0n) is 23.5. The maximum Gasteiger partial charge on any atom is 0.174 e. The van der Waals surface area contributed by atoms with Crippen LogP contribution in [0.1, 0.15) is 54.9 Å². The maximum absolute atomic E-state index is 7.02. The number of benzene rings is 2. The lowest BCUT2D eigenvalue weighted by atomic mass is 9.91. The van der Waals surface area contributed by atoms with Crippen LogP contribution in [0.15, 0.2) is 79.1 Å². The molecule has 6 rings (SSSR count). The minimum absolute atomic E-state index is 0.129. The molecule has 7 heteroatoms. The van der Waals surface area contributed by atoms with E-state index in [4.69, 9.17) is 28.8 Å². The normalized spacial score (nSPS) is 23.0. The third-order valence-electron chi connectivity index (χ3n) is 8.37. The highest BCUT2D eigenvalue weighted by Crippen LogP contribution is 2.44. The first kappa shape index (κ1) is 26.9. The van der Waals surface area contributed by atoms with Crippen LogP contribution in [0.3, 0.4) is 0 Å². The monoisotopic (exact) mass is 569 g/mol. The molecule has 206 valence electrons. The lowest BCUT2D eigenvalue weighted by Crippen LogP contribution is -2.38. The van der Waals surface area contributed by atoms with Gasteiger partial charge in [-0.25, -0.2) is 0 Å². The fourth-order valence-electron chi connectivity index (χ4n) is 6.44. The molecule has 4 atom stereocenters. The Morgan fingerprint density at radius 3 is 2.38 bits per heavy atom. The van der Waals surface area contributed by atoms with E-state index in [1.54, 1.807) is 0 Å². The van der Waals surface area contributed by atoms with Gasteiger partial charge in [-0.15, -0.1) is 0 Å². The Kier molecular flexibility index (Phi) is 7.32. The minimum atomic E-state index is -0.129. The van der Waals surface area contributed by atoms with Crippen LogP contribution in [0.2, 0.25) is 5.02 Å². The smallest absolute Gasteiger partial charge is 0.174 e. The molecule has 0 amide bonds. The number of nitrogens with zero attached hydrogens (tertiary/aromatic N) is 4. The van der Waals surface area contributed by atoms with E-state index in [9.17, 15) is 0 Å². The second kappa shape index (κ2) is 10.9. The predicted molar refractivity (Wildman–Crippen MR) is 170 cm³/mol. The Balaban J connectivity index is 1.43. The predicted octanol–water partition coefficient (Wildman–Crippen LogP) is 7.80. The van der Waals surface area contributed by atoms with Crippen LogP contribution < -0.4 is 15.1 Å². The van der Waals surface area contributed by atoms with Crippen molar-refractivity contribution in [2.75, 3.05) is 22.9 Å². The summed E-state index contributed by atoms with van der Waals surface area (Å²) in [5.74, 6) is 1.30. The molecular weight excluding hydrogens is 534 g/mol. The molecular formula is C33H36ClN5S. The van der Waals surface area contributed by atoms with Crippen molar-refractivity contribution in [1.82, 2.24) is 14.9 Å². The van der Waals surface area contributed by atoms with Gasteiger partial charge in [-0.2, -0.15) is 0 Å². The third-order valence-corrected chi connectivity index (χ3v) is 8.99. The van der Waals surface area contributed by atoms with Crippen LogP contribution in [0.25, 0.3) is 5.69 Å². The fourth-order valence-corrected chi connectivity index (χ4v) is 7.08. The van der Waals surface area contributed by atoms with E-state index in [2.05, 4.69) is 108 Å². The zero-order chi connectivity index (χ0) is 28.0. The van der Waals surface area contributed by atoms with Crippen LogP contribution in [-0.2, 0) is 0 Å². The van der Waals surface area contributed by atoms with Crippen molar-refractivity contribution >= 4 is 40.3 Å². The first-order valence-corrected chi connectivity index (χ1v) is 14.9. The first-order valence-electron chi connectivity index (χ1n) is 14.1. The van der Waals surface area contributed by atoms with E-state index in [0.717, 1.165) is 46.6 Å². The zero-order valence-corrected chi connectivity index (χ0v) is 25.1. The number of pyridine rings is 1. The van der Waals surface area contributed by atoms with Gasteiger partial charge in [0.1, 0.15) is 6.04 Å². The van der Waals surface area contributed by atoms with Gasteiger partial charge in [0, 0.05) is 42.6 Å². The van der Waals surface area contributed by atoms with Crippen LogP contribution in [0.4, 0.5) is 11.4 Å². The number of piperidine rings is 1. The Hall–Kier alpha value is -3.35. The Morgan fingerprint density at radius 2 is 1.68 bits per heavy atom. The highest BCUT2D eigenvalue weighted by Gasteiger charge is 2.42. The van der Waals surface area contributed by atoms with Gasteiger partial charge in [-0.3, -0.25) is 4.98 Å². The fraction of sp³-hybridized carbons (Fsp3) is 0.333. The maximum atomic E-state index is 7.02. The molecule has 2 saturated heterocycles. The molecule has 0 aliphatic carbocycles. The number of hydrogen-bond acceptors (Lipinski definition) is 3. The van der Waals surface area contributed by atoms with Crippen molar-refractivity contribution in [3.05, 3.63) is 107 Å². The summed E-state index contributed by atoms with van der Waals surface area (Å²) in [5, 5.41) is 5.01. The van der Waals surface area contributed by atoms with Gasteiger partial charge in [-0.1, -0.05) is 37.6 Å². The summed E-state index contributed by atoms with van der Waals surface area (Å²) < 4.78 is 2.27. The molecule has 2 fully saturated rings. The van der Waals surface area contributed by atoms with E-state index in [0.29, 0.717) is 16.9 Å². The average Bonchev–Trinajstić information content (AvgIpc) is 3.54. The van der Waals surface area contributed by atoms with Gasteiger partial charge < -0.3 is 19.7 Å². The molecule has 2 aromatic carbocycles. The van der Waals surface area contributed by atoms with Gasteiger partial charge in [0.25, 0.3) is 0 Å². The van der Waals surface area contributed by atoms with Crippen LogP contribution in [0, 0.1) is 25.7 Å². The first-order chi connectivity index (χ1) is 19.3. The second-order valence-electron chi connectivity index (χ2n) is 11.6. The van der Waals surface area contributed by atoms with Gasteiger partial charge in [0.05, 0.1) is 22.4 Å². The SMILES string of the molecule is Cc1ccc(-n2cccc2C2C(c3ccccn3)NC(=S)N2c2ccc(N3CC(C)CC(C)C3)c(Cl)c2)cc1C. The molecule has 0 bridgehead atoms. The van der Waals surface area contributed by atoms with Crippen LogP contribution in [0.5, 0.6) is 0 Å². The largest absolute Gasteiger partial charge is 0.370 e. The summed E-state index contributed by atoms with van der Waals surface area (Å²) in [6, 6.07) is 23.1. The summed E-state index contributed by atoms with van der Waals surface area (Å²) in [6.07, 6.45) is 5.23. The standard InChI is InChI=1S/C33H36ClN5S/c1-21-16-22(2)20-37(19-21)29-13-12-26(18-27(29)34)39-32(31(36-33(39)40)28-8-5-6-14-35-28)30-9-7-15-38(30)25-11-10-23(3)24(4)17-25/h5-15,17-18,21-22,31-32H,16,19-20H2,1-4H3,(H,36,40). The molecule has 1 N–H and O–H groups in total. The number of hydrogen-bond donors (Lipinski definition) is 1. The van der Waals surface area contributed by atoms with Crippen LogP contribution in [-0.4, -0.2) is 27.8 Å². The van der Waals surface area contributed by atoms with Crippen molar-refractivity contribution in [1.29, 1.82) is 0 Å². The topological polar surface area (TPSA) is 36.3 Å². The molecule has 4 heterocycles. The molecule has 2 aromatic heterocycles. The molecule has 0 saturated carbocycles. The molecule has 0 radical (unpaired) electrons. The van der Waals surface area contributed by atoms with E-state index >= 15 is 0 Å². The number of nitrogens with one attached hydrogen (secondary N) is 1. The van der Waals surface area contributed by atoms with Crippen LogP contribution >= 0.6 is 23.8 Å². The molecule has 4 unspecified atom stereocenters. The summed E-state index contributed by atoms with van der Waals surface area (Å²) in [6.45, 7) is 11.0. The van der Waals surface area contributed by atoms with Gasteiger partial charge in [0.15, 0.2) is 5.11 Å². The molecule has 4 aromatic rings. The lowest BCUT2D eigenvalue weighted by molar-refractivity contribution is 0.357. The highest BCUT2D eigenvalue weighted by molar-refractivity contribution is 7.80. The Bertz CT molecular complexity index is 1520. The molecule has 2 aliphatic heterocycles. The third kappa shape index (κ3) is 4.99. The summed E-state index contributed by atoms with van der Waals surface area (Å²) in [5.41, 5.74) is 7.82. The van der Waals surface area contributed by atoms with Crippen molar-refractivity contribution < 1.29 is 0 Å². The molecule has 40 heavy (non-hydrogen) atoms. The summed E-state index contributed by atoms with van der Waals surface area (Å²) >= 11 is 13.0. The Morgan fingerprint density at radius 1 is 0.900 bits per heavy atom.